The molecule has 0 saturated carbocycles. The Bertz CT molecular complexity index is 976. The molecule has 0 aliphatic rings. The zero-order valence-electron chi connectivity index (χ0n) is 19.0. The van der Waals surface area contributed by atoms with Gasteiger partial charge in [-0.15, -0.1) is 0 Å². The Kier molecular flexibility index (Phi) is 8.92. The summed E-state index contributed by atoms with van der Waals surface area (Å²) in [5.74, 6) is 1.44. The second kappa shape index (κ2) is 11.9. The van der Waals surface area contributed by atoms with Crippen LogP contribution in [-0.2, 0) is 17.5 Å². The Labute approximate surface area is 197 Å². The van der Waals surface area contributed by atoms with Gasteiger partial charge in [-0.1, -0.05) is 42.5 Å². The lowest BCUT2D eigenvalue weighted by Gasteiger charge is -2.22. The maximum Gasteiger partial charge on any atom is 0.416 e. The number of aliphatic hydroxyl groups is 1. The second-order valence-corrected chi connectivity index (χ2v) is 7.74. The van der Waals surface area contributed by atoms with Gasteiger partial charge in [-0.3, -0.25) is 0 Å². The van der Waals surface area contributed by atoms with Gasteiger partial charge in [0.1, 0.15) is 17.6 Å². The molecule has 0 aromatic heterocycles. The highest BCUT2D eigenvalue weighted by Gasteiger charge is 2.30. The van der Waals surface area contributed by atoms with Crippen LogP contribution in [0.15, 0.2) is 72.8 Å². The van der Waals surface area contributed by atoms with Gasteiger partial charge in [0.15, 0.2) is 0 Å². The van der Waals surface area contributed by atoms with Crippen LogP contribution in [0.5, 0.6) is 11.5 Å². The Morgan fingerprint density at radius 3 is 1.91 bits per heavy atom. The maximum atomic E-state index is 12.9. The zero-order chi connectivity index (χ0) is 24.6. The van der Waals surface area contributed by atoms with Crippen LogP contribution < -0.4 is 14.8 Å². The minimum Gasteiger partial charge on any atom is -0.497 e. The van der Waals surface area contributed by atoms with Crippen molar-refractivity contribution in [1.82, 2.24) is 5.32 Å². The normalized spacial score (nSPS) is 12.6. The highest BCUT2D eigenvalue weighted by atomic mass is 19.4. The molecule has 0 aliphatic carbocycles. The van der Waals surface area contributed by atoms with Crippen LogP contribution in [0.4, 0.5) is 13.2 Å². The van der Waals surface area contributed by atoms with Crippen LogP contribution in [-0.4, -0.2) is 38.6 Å². The Balaban J connectivity index is 1.60. The number of rotatable bonds is 11. The zero-order valence-corrected chi connectivity index (χ0v) is 19.0. The molecule has 0 fully saturated rings. The molecule has 5 nitrogen and oxygen atoms in total. The predicted octanol–water partition coefficient (Wildman–Crippen LogP) is 4.98. The van der Waals surface area contributed by atoms with E-state index < -0.39 is 23.9 Å². The Morgan fingerprint density at radius 2 is 1.41 bits per heavy atom. The first-order valence-electron chi connectivity index (χ1n) is 10.7. The van der Waals surface area contributed by atoms with E-state index in [1.165, 1.54) is 6.07 Å². The highest BCUT2D eigenvalue weighted by molar-refractivity contribution is 5.36. The van der Waals surface area contributed by atoms with Crippen molar-refractivity contribution in [3.63, 3.8) is 0 Å². The number of methoxy groups -OCH3 is 2. The molecule has 0 heterocycles. The third-order valence-electron chi connectivity index (χ3n) is 5.26. The quantitative estimate of drug-likeness (QED) is 0.410. The number of aliphatic hydroxyl groups excluding tert-OH is 1. The van der Waals surface area contributed by atoms with E-state index in [0.717, 1.165) is 34.8 Å². The summed E-state index contributed by atoms with van der Waals surface area (Å²) < 4.78 is 55.1. The third kappa shape index (κ3) is 7.21. The van der Waals surface area contributed by atoms with E-state index in [9.17, 15) is 18.3 Å². The van der Waals surface area contributed by atoms with Gasteiger partial charge in [0.25, 0.3) is 0 Å². The van der Waals surface area contributed by atoms with Gasteiger partial charge in [-0.05, 0) is 47.0 Å². The van der Waals surface area contributed by atoms with E-state index in [1.807, 2.05) is 48.5 Å². The molecule has 0 spiro atoms. The van der Waals surface area contributed by atoms with Gasteiger partial charge >= 0.3 is 6.18 Å². The standard InChI is InChI=1S/C26H28F3NO4/c1-32-23-10-6-19(7-11-23)25(20-8-12-24(33-2)13-9-20)34-17-22(31)16-30-15-18-4-3-5-21(14-18)26(27,28)29/h3-14,22,25,30-31H,15-17H2,1-2H3. The summed E-state index contributed by atoms with van der Waals surface area (Å²) in [5.41, 5.74) is 1.56. The lowest BCUT2D eigenvalue weighted by molar-refractivity contribution is -0.137. The van der Waals surface area contributed by atoms with Crippen LogP contribution in [0.3, 0.4) is 0 Å². The van der Waals surface area contributed by atoms with E-state index in [2.05, 4.69) is 5.32 Å². The van der Waals surface area contributed by atoms with Gasteiger partial charge in [-0.25, -0.2) is 0 Å². The van der Waals surface area contributed by atoms with E-state index in [-0.39, 0.29) is 19.7 Å². The summed E-state index contributed by atoms with van der Waals surface area (Å²) in [6.07, 6.45) is -5.68. The largest absolute Gasteiger partial charge is 0.497 e. The first-order chi connectivity index (χ1) is 16.3. The minimum absolute atomic E-state index is 0.0261. The summed E-state index contributed by atoms with van der Waals surface area (Å²) in [5, 5.41) is 13.4. The molecular formula is C26H28F3NO4. The molecule has 2 N–H and O–H groups in total. The van der Waals surface area contributed by atoms with Gasteiger partial charge in [0.05, 0.1) is 32.5 Å². The number of hydrogen-bond donors (Lipinski definition) is 2. The van der Waals surface area contributed by atoms with Crippen molar-refractivity contribution < 1.29 is 32.5 Å². The van der Waals surface area contributed by atoms with Crippen molar-refractivity contribution in [1.29, 1.82) is 0 Å². The summed E-state index contributed by atoms with van der Waals surface area (Å²) in [4.78, 5) is 0. The number of ether oxygens (including phenoxy) is 3. The molecule has 3 aromatic carbocycles. The molecule has 0 aliphatic heterocycles. The summed E-state index contributed by atoms with van der Waals surface area (Å²) in [6, 6.07) is 20.0. The average molecular weight is 476 g/mol. The SMILES string of the molecule is COc1ccc(C(OCC(O)CNCc2cccc(C(F)(F)F)c2)c2ccc(OC)cc2)cc1. The number of benzene rings is 3. The number of nitrogens with one attached hydrogen (secondary N) is 1. The lowest BCUT2D eigenvalue weighted by atomic mass is 10.0. The molecule has 8 heteroatoms. The fourth-order valence-corrected chi connectivity index (χ4v) is 3.45. The van der Waals surface area contributed by atoms with Crippen molar-refractivity contribution in [3.8, 4) is 11.5 Å². The second-order valence-electron chi connectivity index (χ2n) is 7.74. The van der Waals surface area contributed by atoms with E-state index in [1.54, 1.807) is 20.3 Å². The van der Waals surface area contributed by atoms with Crippen molar-refractivity contribution >= 4 is 0 Å². The molecule has 0 amide bonds. The average Bonchev–Trinajstić information content (AvgIpc) is 2.84. The fourth-order valence-electron chi connectivity index (χ4n) is 3.45. The van der Waals surface area contributed by atoms with Crippen LogP contribution in [0.2, 0.25) is 0 Å². The molecule has 1 unspecified atom stereocenters. The lowest BCUT2D eigenvalue weighted by Crippen LogP contribution is -2.30. The van der Waals surface area contributed by atoms with Gasteiger partial charge in [0, 0.05) is 13.1 Å². The highest BCUT2D eigenvalue weighted by Crippen LogP contribution is 2.30. The van der Waals surface area contributed by atoms with Gasteiger partial charge in [0.2, 0.25) is 0 Å². The first-order valence-corrected chi connectivity index (χ1v) is 10.7. The van der Waals surface area contributed by atoms with Crippen LogP contribution in [0.25, 0.3) is 0 Å². The molecule has 3 rings (SSSR count). The predicted molar refractivity (Wildman–Crippen MR) is 123 cm³/mol. The van der Waals surface area contributed by atoms with E-state index in [4.69, 9.17) is 14.2 Å². The molecule has 1 atom stereocenters. The van der Waals surface area contributed by atoms with E-state index in [0.29, 0.717) is 5.56 Å². The number of alkyl halides is 3. The van der Waals surface area contributed by atoms with Crippen molar-refractivity contribution in [2.75, 3.05) is 27.4 Å². The topological polar surface area (TPSA) is 60.0 Å². The van der Waals surface area contributed by atoms with Crippen molar-refractivity contribution in [2.24, 2.45) is 0 Å². The third-order valence-corrected chi connectivity index (χ3v) is 5.26. The molecule has 3 aromatic rings. The monoisotopic (exact) mass is 475 g/mol. The molecule has 0 radical (unpaired) electrons. The van der Waals surface area contributed by atoms with Crippen LogP contribution >= 0.6 is 0 Å². The summed E-state index contributed by atoms with van der Waals surface area (Å²) >= 11 is 0. The number of hydrogen-bond acceptors (Lipinski definition) is 5. The first kappa shape index (κ1) is 25.6. The fraction of sp³-hybridized carbons (Fsp3) is 0.308. The summed E-state index contributed by atoms with van der Waals surface area (Å²) in [7, 11) is 3.18. The molecule has 0 bridgehead atoms. The van der Waals surface area contributed by atoms with Gasteiger partial charge in [-0.2, -0.15) is 13.2 Å². The van der Waals surface area contributed by atoms with Crippen LogP contribution in [0, 0.1) is 0 Å². The molecule has 34 heavy (non-hydrogen) atoms. The molecule has 182 valence electrons. The minimum atomic E-state index is -4.39. The number of halogens is 3. The van der Waals surface area contributed by atoms with Gasteiger partial charge < -0.3 is 24.6 Å². The van der Waals surface area contributed by atoms with Crippen LogP contribution in [0.1, 0.15) is 28.4 Å². The summed E-state index contributed by atoms with van der Waals surface area (Å²) in [6.45, 7) is 0.383. The maximum absolute atomic E-state index is 12.9. The van der Waals surface area contributed by atoms with Crippen molar-refractivity contribution in [2.45, 2.75) is 24.9 Å². The molecule has 0 saturated heterocycles. The Morgan fingerprint density at radius 1 is 0.853 bits per heavy atom. The Hall–Kier alpha value is -3.07. The smallest absolute Gasteiger partial charge is 0.416 e. The van der Waals surface area contributed by atoms with E-state index >= 15 is 0 Å². The van der Waals surface area contributed by atoms with Crippen molar-refractivity contribution in [3.05, 3.63) is 95.1 Å². The molecular weight excluding hydrogens is 447 g/mol.